The summed E-state index contributed by atoms with van der Waals surface area (Å²) in [5, 5.41) is 3.37. The Labute approximate surface area is 113 Å². The van der Waals surface area contributed by atoms with Crippen molar-refractivity contribution in [2.75, 3.05) is 6.54 Å². The van der Waals surface area contributed by atoms with E-state index >= 15 is 0 Å². The first-order valence-corrected chi connectivity index (χ1v) is 6.66. The van der Waals surface area contributed by atoms with Gasteiger partial charge in [0.15, 0.2) is 5.82 Å². The lowest BCUT2D eigenvalue weighted by molar-refractivity contribution is 0.620. The molecule has 0 spiro atoms. The third-order valence-corrected chi connectivity index (χ3v) is 3.48. The minimum atomic E-state index is 0.813. The Morgan fingerprint density at radius 3 is 2.47 bits per heavy atom. The normalized spacial score (nSPS) is 14.3. The lowest BCUT2D eigenvalue weighted by Gasteiger charge is -2.18. The van der Waals surface area contributed by atoms with Crippen molar-refractivity contribution >= 4 is 0 Å². The van der Waals surface area contributed by atoms with Crippen molar-refractivity contribution in [3.8, 4) is 11.4 Å². The van der Waals surface area contributed by atoms with Crippen LogP contribution in [-0.4, -0.2) is 21.5 Å². The van der Waals surface area contributed by atoms with Gasteiger partial charge in [-0.2, -0.15) is 0 Å². The quantitative estimate of drug-likeness (QED) is 0.847. The SMILES string of the molecule is Cc1cc(-c2nc(C)c3c(n2)CNCC3)cc(C)n1. The molecule has 0 saturated carbocycles. The number of pyridine rings is 1. The topological polar surface area (TPSA) is 50.7 Å². The van der Waals surface area contributed by atoms with E-state index in [-0.39, 0.29) is 0 Å². The van der Waals surface area contributed by atoms with Crippen LogP contribution in [0.15, 0.2) is 12.1 Å². The average Bonchev–Trinajstić information content (AvgIpc) is 2.37. The van der Waals surface area contributed by atoms with E-state index in [1.165, 1.54) is 5.56 Å². The minimum absolute atomic E-state index is 0.813. The number of fused-ring (bicyclic) bond motifs is 1. The van der Waals surface area contributed by atoms with Gasteiger partial charge in [-0.05, 0) is 51.4 Å². The first-order chi connectivity index (χ1) is 9.13. The molecule has 0 amide bonds. The number of nitrogens with zero attached hydrogens (tertiary/aromatic N) is 3. The smallest absolute Gasteiger partial charge is 0.159 e. The van der Waals surface area contributed by atoms with E-state index in [9.17, 15) is 0 Å². The highest BCUT2D eigenvalue weighted by Gasteiger charge is 2.16. The molecule has 0 aliphatic carbocycles. The third kappa shape index (κ3) is 2.36. The standard InChI is InChI=1S/C15H18N4/c1-9-6-12(7-10(2)17-9)15-18-11(3)13-4-5-16-8-14(13)19-15/h6-7,16H,4-5,8H2,1-3H3. The van der Waals surface area contributed by atoms with Crippen LogP contribution in [0, 0.1) is 20.8 Å². The van der Waals surface area contributed by atoms with Crippen molar-refractivity contribution in [2.24, 2.45) is 0 Å². The number of aryl methyl sites for hydroxylation is 3. The predicted molar refractivity (Wildman–Crippen MR) is 74.9 cm³/mol. The maximum absolute atomic E-state index is 4.73. The van der Waals surface area contributed by atoms with E-state index in [0.717, 1.165) is 53.7 Å². The number of aromatic nitrogens is 3. The molecular weight excluding hydrogens is 236 g/mol. The molecule has 0 aromatic carbocycles. The van der Waals surface area contributed by atoms with Crippen LogP contribution < -0.4 is 5.32 Å². The average molecular weight is 254 g/mol. The fraction of sp³-hybridized carbons (Fsp3) is 0.400. The number of nitrogens with one attached hydrogen (secondary N) is 1. The maximum atomic E-state index is 4.73. The highest BCUT2D eigenvalue weighted by atomic mass is 15.0. The zero-order valence-corrected chi connectivity index (χ0v) is 11.6. The van der Waals surface area contributed by atoms with Gasteiger partial charge in [-0.25, -0.2) is 9.97 Å². The summed E-state index contributed by atoms with van der Waals surface area (Å²) in [6.07, 6.45) is 1.02. The summed E-state index contributed by atoms with van der Waals surface area (Å²) < 4.78 is 0. The number of hydrogen-bond acceptors (Lipinski definition) is 4. The van der Waals surface area contributed by atoms with Crippen LogP contribution in [0.5, 0.6) is 0 Å². The van der Waals surface area contributed by atoms with Gasteiger partial charge in [0, 0.05) is 29.2 Å². The largest absolute Gasteiger partial charge is 0.311 e. The highest BCUT2D eigenvalue weighted by Crippen LogP contribution is 2.22. The van der Waals surface area contributed by atoms with Crippen LogP contribution in [-0.2, 0) is 13.0 Å². The summed E-state index contributed by atoms with van der Waals surface area (Å²) in [5.74, 6) is 0.813. The van der Waals surface area contributed by atoms with Crippen molar-refractivity contribution in [2.45, 2.75) is 33.7 Å². The lowest BCUT2D eigenvalue weighted by atomic mass is 10.0. The van der Waals surface area contributed by atoms with Crippen molar-refractivity contribution in [3.63, 3.8) is 0 Å². The van der Waals surface area contributed by atoms with E-state index < -0.39 is 0 Å². The summed E-state index contributed by atoms with van der Waals surface area (Å²) in [6, 6.07) is 4.09. The molecule has 1 aliphatic heterocycles. The number of rotatable bonds is 1. The first-order valence-electron chi connectivity index (χ1n) is 6.66. The monoisotopic (exact) mass is 254 g/mol. The Morgan fingerprint density at radius 2 is 1.74 bits per heavy atom. The van der Waals surface area contributed by atoms with Crippen LogP contribution in [0.4, 0.5) is 0 Å². The van der Waals surface area contributed by atoms with Gasteiger partial charge in [-0.15, -0.1) is 0 Å². The van der Waals surface area contributed by atoms with Gasteiger partial charge < -0.3 is 5.32 Å². The molecule has 1 aliphatic rings. The van der Waals surface area contributed by atoms with Crippen molar-refractivity contribution in [3.05, 3.63) is 40.5 Å². The molecule has 4 nitrogen and oxygen atoms in total. The van der Waals surface area contributed by atoms with Crippen molar-refractivity contribution < 1.29 is 0 Å². The molecule has 0 atom stereocenters. The molecule has 0 fully saturated rings. The predicted octanol–water partition coefficient (Wildman–Crippen LogP) is 2.11. The van der Waals surface area contributed by atoms with Gasteiger partial charge in [0.05, 0.1) is 5.69 Å². The maximum Gasteiger partial charge on any atom is 0.159 e. The summed E-state index contributed by atoms with van der Waals surface area (Å²) in [6.45, 7) is 7.95. The van der Waals surface area contributed by atoms with Gasteiger partial charge in [-0.3, -0.25) is 4.98 Å². The lowest BCUT2D eigenvalue weighted by Crippen LogP contribution is -2.26. The molecule has 0 radical (unpaired) electrons. The molecule has 2 aromatic rings. The van der Waals surface area contributed by atoms with E-state index in [1.54, 1.807) is 0 Å². The van der Waals surface area contributed by atoms with E-state index in [4.69, 9.17) is 4.98 Å². The Bertz CT molecular complexity index is 614. The van der Waals surface area contributed by atoms with E-state index in [1.807, 2.05) is 26.0 Å². The van der Waals surface area contributed by atoms with Gasteiger partial charge >= 0.3 is 0 Å². The van der Waals surface area contributed by atoms with E-state index in [0.29, 0.717) is 0 Å². The van der Waals surface area contributed by atoms with Gasteiger partial charge in [0.2, 0.25) is 0 Å². The zero-order chi connectivity index (χ0) is 13.4. The summed E-state index contributed by atoms with van der Waals surface area (Å²) in [7, 11) is 0. The second-order valence-corrected chi connectivity index (χ2v) is 5.12. The second kappa shape index (κ2) is 4.70. The fourth-order valence-electron chi connectivity index (χ4n) is 2.64. The molecule has 0 saturated heterocycles. The van der Waals surface area contributed by atoms with Crippen molar-refractivity contribution in [1.82, 2.24) is 20.3 Å². The number of hydrogen-bond donors (Lipinski definition) is 1. The fourth-order valence-corrected chi connectivity index (χ4v) is 2.64. The molecule has 2 aromatic heterocycles. The molecule has 4 heteroatoms. The Hall–Kier alpha value is -1.81. The summed E-state index contributed by atoms with van der Waals surface area (Å²) in [5.41, 5.74) is 6.63. The Kier molecular flexibility index (Phi) is 3.03. The van der Waals surface area contributed by atoms with Crippen LogP contribution in [0.2, 0.25) is 0 Å². The molecule has 19 heavy (non-hydrogen) atoms. The van der Waals surface area contributed by atoms with Crippen LogP contribution in [0.3, 0.4) is 0 Å². The van der Waals surface area contributed by atoms with Gasteiger partial charge in [0.25, 0.3) is 0 Å². The highest BCUT2D eigenvalue weighted by molar-refractivity contribution is 5.57. The second-order valence-electron chi connectivity index (χ2n) is 5.12. The van der Waals surface area contributed by atoms with Crippen LogP contribution >= 0.6 is 0 Å². The zero-order valence-electron chi connectivity index (χ0n) is 11.6. The van der Waals surface area contributed by atoms with Crippen molar-refractivity contribution in [1.29, 1.82) is 0 Å². The third-order valence-electron chi connectivity index (χ3n) is 3.48. The molecular formula is C15H18N4. The first kappa shape index (κ1) is 12.2. The molecule has 0 bridgehead atoms. The molecule has 98 valence electrons. The van der Waals surface area contributed by atoms with Crippen LogP contribution in [0.1, 0.15) is 28.3 Å². The molecule has 3 rings (SSSR count). The Morgan fingerprint density at radius 1 is 1.00 bits per heavy atom. The van der Waals surface area contributed by atoms with Crippen LogP contribution in [0.25, 0.3) is 11.4 Å². The molecule has 0 unspecified atom stereocenters. The van der Waals surface area contributed by atoms with E-state index in [2.05, 4.69) is 22.2 Å². The summed E-state index contributed by atoms with van der Waals surface area (Å²) >= 11 is 0. The Balaban J connectivity index is 2.12. The van der Waals surface area contributed by atoms with Gasteiger partial charge in [0.1, 0.15) is 0 Å². The molecule has 1 N–H and O–H groups in total. The van der Waals surface area contributed by atoms with Gasteiger partial charge in [-0.1, -0.05) is 0 Å². The molecule has 3 heterocycles. The summed E-state index contributed by atoms with van der Waals surface area (Å²) in [4.78, 5) is 13.8. The minimum Gasteiger partial charge on any atom is -0.311 e.